The van der Waals surface area contributed by atoms with E-state index >= 15 is 0 Å². The van der Waals surface area contributed by atoms with Gasteiger partial charge in [-0.1, -0.05) is 12.5 Å². The van der Waals surface area contributed by atoms with Crippen molar-refractivity contribution in [3.05, 3.63) is 34.3 Å². The fraction of sp³-hybridized carbons (Fsp3) is 0.462. The van der Waals surface area contributed by atoms with Crippen molar-refractivity contribution in [2.24, 2.45) is 12.8 Å². The first-order chi connectivity index (χ1) is 8.22. The van der Waals surface area contributed by atoms with Crippen LogP contribution in [0.3, 0.4) is 0 Å². The fourth-order valence-electron chi connectivity index (χ4n) is 1.98. The summed E-state index contributed by atoms with van der Waals surface area (Å²) in [7, 11) is 1.73. The molecule has 0 saturated carbocycles. The van der Waals surface area contributed by atoms with E-state index in [0.29, 0.717) is 5.58 Å². The van der Waals surface area contributed by atoms with Crippen LogP contribution in [-0.2, 0) is 13.5 Å². The van der Waals surface area contributed by atoms with Gasteiger partial charge in [-0.25, -0.2) is 4.79 Å². The molecule has 92 valence electrons. The van der Waals surface area contributed by atoms with Crippen molar-refractivity contribution in [1.82, 2.24) is 4.57 Å². The lowest BCUT2D eigenvalue weighted by Gasteiger charge is -2.01. The number of aryl methyl sites for hydroxylation is 2. The van der Waals surface area contributed by atoms with Crippen molar-refractivity contribution in [2.45, 2.75) is 25.7 Å². The van der Waals surface area contributed by atoms with Gasteiger partial charge >= 0.3 is 5.76 Å². The molecule has 4 heteroatoms. The summed E-state index contributed by atoms with van der Waals surface area (Å²) >= 11 is 0. The van der Waals surface area contributed by atoms with E-state index in [4.69, 9.17) is 10.2 Å². The van der Waals surface area contributed by atoms with Crippen molar-refractivity contribution in [1.29, 1.82) is 0 Å². The van der Waals surface area contributed by atoms with Crippen LogP contribution in [0.4, 0.5) is 0 Å². The summed E-state index contributed by atoms with van der Waals surface area (Å²) in [5, 5.41) is 0. The van der Waals surface area contributed by atoms with Crippen LogP contribution in [0.15, 0.2) is 27.4 Å². The van der Waals surface area contributed by atoms with E-state index in [0.717, 1.165) is 37.7 Å². The van der Waals surface area contributed by atoms with Crippen LogP contribution >= 0.6 is 0 Å². The molecule has 0 fully saturated rings. The summed E-state index contributed by atoms with van der Waals surface area (Å²) in [6.07, 6.45) is 4.38. The second-order valence-electron chi connectivity index (χ2n) is 4.33. The average molecular weight is 234 g/mol. The molecule has 2 N–H and O–H groups in total. The van der Waals surface area contributed by atoms with E-state index in [9.17, 15) is 4.79 Å². The number of rotatable bonds is 5. The maximum Gasteiger partial charge on any atom is 0.419 e. The van der Waals surface area contributed by atoms with Crippen LogP contribution in [0.2, 0.25) is 0 Å². The highest BCUT2D eigenvalue weighted by Crippen LogP contribution is 2.16. The predicted octanol–water partition coefficient (Wildman–Crippen LogP) is 1.80. The third-order valence-corrected chi connectivity index (χ3v) is 3.03. The van der Waals surface area contributed by atoms with Crippen LogP contribution in [0.1, 0.15) is 24.8 Å². The molecule has 2 aromatic rings. The molecule has 0 saturated heterocycles. The van der Waals surface area contributed by atoms with E-state index < -0.39 is 0 Å². The van der Waals surface area contributed by atoms with Crippen LogP contribution in [0.25, 0.3) is 11.1 Å². The standard InChI is InChI=1S/C13H18N2O2/c1-15-11-9-10(5-3-2-4-8-14)6-7-12(11)17-13(15)16/h6-7,9H,2-5,8,14H2,1H3. The highest BCUT2D eigenvalue weighted by Gasteiger charge is 2.05. The van der Waals surface area contributed by atoms with Crippen molar-refractivity contribution >= 4 is 11.1 Å². The van der Waals surface area contributed by atoms with E-state index in [1.165, 1.54) is 5.56 Å². The molecule has 0 aliphatic rings. The minimum atomic E-state index is -0.305. The summed E-state index contributed by atoms with van der Waals surface area (Å²) < 4.78 is 6.63. The Labute approximate surface area is 100 Å². The topological polar surface area (TPSA) is 61.2 Å². The SMILES string of the molecule is Cn1c(=O)oc2ccc(CCCCCN)cc21. The molecule has 0 radical (unpaired) electrons. The highest BCUT2D eigenvalue weighted by atomic mass is 16.4. The maximum absolute atomic E-state index is 11.3. The summed E-state index contributed by atoms with van der Waals surface area (Å²) in [5.74, 6) is -0.305. The summed E-state index contributed by atoms with van der Waals surface area (Å²) in [6, 6.07) is 5.92. The van der Waals surface area contributed by atoms with E-state index in [-0.39, 0.29) is 5.76 Å². The van der Waals surface area contributed by atoms with E-state index in [1.807, 2.05) is 18.2 Å². The Morgan fingerprint density at radius 3 is 2.88 bits per heavy atom. The highest BCUT2D eigenvalue weighted by molar-refractivity contribution is 5.73. The Bertz CT molecular complexity index is 554. The molecule has 1 aromatic heterocycles. The van der Waals surface area contributed by atoms with Gasteiger partial charge in [0.05, 0.1) is 5.52 Å². The van der Waals surface area contributed by atoms with Crippen LogP contribution in [0, 0.1) is 0 Å². The lowest BCUT2D eigenvalue weighted by atomic mass is 10.1. The molecule has 0 unspecified atom stereocenters. The van der Waals surface area contributed by atoms with Gasteiger partial charge in [-0.05, 0) is 43.5 Å². The molecular weight excluding hydrogens is 216 g/mol. The zero-order valence-electron chi connectivity index (χ0n) is 10.1. The minimum absolute atomic E-state index is 0.305. The second kappa shape index (κ2) is 5.19. The van der Waals surface area contributed by atoms with Crippen LogP contribution in [0.5, 0.6) is 0 Å². The molecule has 0 spiro atoms. The van der Waals surface area contributed by atoms with Gasteiger partial charge in [0.15, 0.2) is 5.58 Å². The normalized spacial score (nSPS) is 11.2. The summed E-state index contributed by atoms with van der Waals surface area (Å²) in [5.41, 5.74) is 8.22. The van der Waals surface area contributed by atoms with Gasteiger partial charge in [0.1, 0.15) is 0 Å². The number of nitrogens with zero attached hydrogens (tertiary/aromatic N) is 1. The summed E-state index contributed by atoms with van der Waals surface area (Å²) in [4.78, 5) is 11.3. The van der Waals surface area contributed by atoms with Gasteiger partial charge < -0.3 is 10.2 Å². The zero-order valence-corrected chi connectivity index (χ0v) is 10.1. The van der Waals surface area contributed by atoms with Gasteiger partial charge in [0.25, 0.3) is 0 Å². The monoisotopic (exact) mass is 234 g/mol. The molecule has 1 heterocycles. The number of unbranched alkanes of at least 4 members (excludes halogenated alkanes) is 2. The third-order valence-electron chi connectivity index (χ3n) is 3.03. The molecular formula is C13H18N2O2. The van der Waals surface area contributed by atoms with Crippen molar-refractivity contribution in [3.63, 3.8) is 0 Å². The molecule has 17 heavy (non-hydrogen) atoms. The molecule has 0 bridgehead atoms. The molecule has 0 atom stereocenters. The van der Waals surface area contributed by atoms with Gasteiger partial charge in [0.2, 0.25) is 0 Å². The van der Waals surface area contributed by atoms with Gasteiger partial charge in [-0.2, -0.15) is 0 Å². The first kappa shape index (κ1) is 11.9. The van der Waals surface area contributed by atoms with Gasteiger partial charge in [-0.15, -0.1) is 0 Å². The number of aromatic nitrogens is 1. The Morgan fingerprint density at radius 2 is 2.12 bits per heavy atom. The zero-order chi connectivity index (χ0) is 12.3. The van der Waals surface area contributed by atoms with Crippen LogP contribution < -0.4 is 11.5 Å². The quantitative estimate of drug-likeness (QED) is 0.802. The Kier molecular flexibility index (Phi) is 3.64. The lowest BCUT2D eigenvalue weighted by Crippen LogP contribution is -2.08. The Hall–Kier alpha value is -1.55. The number of fused-ring (bicyclic) bond motifs is 1. The molecule has 1 aromatic carbocycles. The molecule has 0 aliphatic heterocycles. The van der Waals surface area contributed by atoms with Crippen molar-refractivity contribution in [3.8, 4) is 0 Å². The first-order valence-electron chi connectivity index (χ1n) is 6.01. The largest absolute Gasteiger partial charge is 0.419 e. The number of hydrogen-bond donors (Lipinski definition) is 1. The summed E-state index contributed by atoms with van der Waals surface area (Å²) in [6.45, 7) is 0.759. The van der Waals surface area contributed by atoms with Gasteiger partial charge in [-0.3, -0.25) is 4.57 Å². The Morgan fingerprint density at radius 1 is 1.29 bits per heavy atom. The predicted molar refractivity (Wildman–Crippen MR) is 68.1 cm³/mol. The maximum atomic E-state index is 11.3. The van der Waals surface area contributed by atoms with E-state index in [1.54, 1.807) is 11.6 Å². The molecule has 4 nitrogen and oxygen atoms in total. The molecule has 0 aliphatic carbocycles. The van der Waals surface area contributed by atoms with E-state index in [2.05, 4.69) is 0 Å². The minimum Gasteiger partial charge on any atom is -0.408 e. The molecule has 0 amide bonds. The number of nitrogens with two attached hydrogens (primary N) is 1. The van der Waals surface area contributed by atoms with Crippen LogP contribution in [-0.4, -0.2) is 11.1 Å². The van der Waals surface area contributed by atoms with Gasteiger partial charge in [0, 0.05) is 7.05 Å². The lowest BCUT2D eigenvalue weighted by molar-refractivity contribution is 0.528. The second-order valence-corrected chi connectivity index (χ2v) is 4.33. The molecule has 2 rings (SSSR count). The fourth-order valence-corrected chi connectivity index (χ4v) is 1.98. The third kappa shape index (κ3) is 2.58. The smallest absolute Gasteiger partial charge is 0.408 e. The number of hydrogen-bond acceptors (Lipinski definition) is 3. The number of benzene rings is 1. The average Bonchev–Trinajstić information content (AvgIpc) is 2.61. The Balaban J connectivity index is 2.14. The number of oxazole rings is 1. The van der Waals surface area contributed by atoms with Crippen molar-refractivity contribution in [2.75, 3.05) is 6.54 Å². The van der Waals surface area contributed by atoms with Crippen molar-refractivity contribution < 1.29 is 4.42 Å². The first-order valence-corrected chi connectivity index (χ1v) is 6.01.